The van der Waals surface area contributed by atoms with Gasteiger partial charge < -0.3 is 4.90 Å². The zero-order valence-electron chi connectivity index (χ0n) is 16.7. The number of imidazole rings is 1. The highest BCUT2D eigenvalue weighted by molar-refractivity contribution is 5.33. The summed E-state index contributed by atoms with van der Waals surface area (Å²) in [7, 11) is 0. The van der Waals surface area contributed by atoms with Gasteiger partial charge >= 0.3 is 0 Å². The lowest BCUT2D eigenvalue weighted by Crippen LogP contribution is -2.36. The first-order valence-electron chi connectivity index (χ1n) is 10.4. The second kappa shape index (κ2) is 9.11. The van der Waals surface area contributed by atoms with Gasteiger partial charge in [-0.15, -0.1) is 0 Å². The van der Waals surface area contributed by atoms with Crippen LogP contribution in [0.5, 0.6) is 0 Å². The largest absolute Gasteiger partial charge is 0.303 e. The minimum Gasteiger partial charge on any atom is -0.303 e. The molecule has 146 valence electrons. The van der Waals surface area contributed by atoms with Gasteiger partial charge in [0.05, 0.1) is 5.69 Å². The Labute approximate surface area is 167 Å². The molecule has 4 rings (SSSR count). The first-order valence-corrected chi connectivity index (χ1v) is 10.4. The fourth-order valence-corrected chi connectivity index (χ4v) is 4.24. The minimum atomic E-state index is 0.432. The highest BCUT2D eigenvalue weighted by Crippen LogP contribution is 2.29. The van der Waals surface area contributed by atoms with Gasteiger partial charge in [0.15, 0.2) is 5.82 Å². The standard InChI is InChI=1S/C23H29N5/c1-2-21-24-14-17-28(21)23-22(25-12-13-26-23)20-11-7-16-27(18-20)15-6-10-19-8-4-3-5-9-19/h3-5,8-9,12-14,17,20H,2,6-7,10-11,15-16,18H2,1H3. The summed E-state index contributed by atoms with van der Waals surface area (Å²) in [6, 6.07) is 10.8. The van der Waals surface area contributed by atoms with E-state index in [4.69, 9.17) is 4.98 Å². The number of hydrogen-bond donors (Lipinski definition) is 0. The van der Waals surface area contributed by atoms with Crippen molar-refractivity contribution in [3.63, 3.8) is 0 Å². The molecule has 1 saturated heterocycles. The van der Waals surface area contributed by atoms with E-state index in [9.17, 15) is 0 Å². The van der Waals surface area contributed by atoms with Crippen molar-refractivity contribution in [2.75, 3.05) is 19.6 Å². The summed E-state index contributed by atoms with van der Waals surface area (Å²) in [5, 5.41) is 0. The highest BCUT2D eigenvalue weighted by atomic mass is 15.2. The van der Waals surface area contributed by atoms with Crippen LogP contribution in [-0.2, 0) is 12.8 Å². The molecule has 2 aromatic heterocycles. The van der Waals surface area contributed by atoms with E-state index >= 15 is 0 Å². The van der Waals surface area contributed by atoms with E-state index in [1.54, 1.807) is 6.20 Å². The molecule has 1 aliphatic heterocycles. The van der Waals surface area contributed by atoms with E-state index in [2.05, 4.69) is 56.7 Å². The van der Waals surface area contributed by atoms with Gasteiger partial charge in [0.2, 0.25) is 0 Å². The van der Waals surface area contributed by atoms with E-state index in [0.29, 0.717) is 5.92 Å². The summed E-state index contributed by atoms with van der Waals surface area (Å²) >= 11 is 0. The van der Waals surface area contributed by atoms with Crippen molar-refractivity contribution in [3.8, 4) is 5.82 Å². The van der Waals surface area contributed by atoms with E-state index in [-0.39, 0.29) is 0 Å². The quantitative estimate of drug-likeness (QED) is 0.625. The molecule has 5 nitrogen and oxygen atoms in total. The molecule has 0 radical (unpaired) electrons. The van der Waals surface area contributed by atoms with Gasteiger partial charge in [-0.3, -0.25) is 9.55 Å². The van der Waals surface area contributed by atoms with Gasteiger partial charge in [0, 0.05) is 43.7 Å². The summed E-state index contributed by atoms with van der Waals surface area (Å²) < 4.78 is 2.11. The topological polar surface area (TPSA) is 46.8 Å². The summed E-state index contributed by atoms with van der Waals surface area (Å²) in [6.45, 7) is 5.53. The van der Waals surface area contributed by atoms with Crippen molar-refractivity contribution in [3.05, 3.63) is 72.2 Å². The summed E-state index contributed by atoms with van der Waals surface area (Å²) in [5.74, 6) is 2.42. The molecule has 0 N–H and O–H groups in total. The normalized spacial score (nSPS) is 17.7. The lowest BCUT2D eigenvalue weighted by molar-refractivity contribution is 0.204. The molecule has 1 fully saturated rings. The molecule has 3 heterocycles. The van der Waals surface area contributed by atoms with Crippen LogP contribution in [0.1, 0.15) is 49.2 Å². The van der Waals surface area contributed by atoms with Crippen molar-refractivity contribution in [1.29, 1.82) is 0 Å². The zero-order valence-corrected chi connectivity index (χ0v) is 16.7. The van der Waals surface area contributed by atoms with Crippen LogP contribution in [-0.4, -0.2) is 44.1 Å². The number of benzene rings is 1. The number of nitrogens with zero attached hydrogens (tertiary/aromatic N) is 5. The molecule has 3 aromatic rings. The average molecular weight is 376 g/mol. The maximum absolute atomic E-state index is 4.76. The SMILES string of the molecule is CCc1nccn1-c1nccnc1C1CCCN(CCCc2ccccc2)C1. The monoisotopic (exact) mass is 375 g/mol. The molecule has 0 aliphatic carbocycles. The molecule has 0 amide bonds. The molecule has 5 heteroatoms. The van der Waals surface area contributed by atoms with Crippen LogP contribution in [0.25, 0.3) is 5.82 Å². The predicted molar refractivity (Wildman–Crippen MR) is 112 cm³/mol. The minimum absolute atomic E-state index is 0.432. The van der Waals surface area contributed by atoms with E-state index in [1.165, 1.54) is 31.4 Å². The van der Waals surface area contributed by atoms with Crippen LogP contribution in [0.2, 0.25) is 0 Å². The Balaban J connectivity index is 1.43. The third-order valence-corrected chi connectivity index (χ3v) is 5.64. The lowest BCUT2D eigenvalue weighted by atomic mass is 9.94. The number of rotatable bonds is 7. The molecule has 28 heavy (non-hydrogen) atoms. The molecular formula is C23H29N5. The Hall–Kier alpha value is -2.53. The number of piperidine rings is 1. The fraction of sp³-hybridized carbons (Fsp3) is 0.435. The van der Waals surface area contributed by atoms with E-state index in [0.717, 1.165) is 43.3 Å². The molecular weight excluding hydrogens is 346 g/mol. The van der Waals surface area contributed by atoms with Crippen LogP contribution in [0.4, 0.5) is 0 Å². The van der Waals surface area contributed by atoms with Gasteiger partial charge in [-0.05, 0) is 44.3 Å². The third kappa shape index (κ3) is 4.30. The highest BCUT2D eigenvalue weighted by Gasteiger charge is 2.25. The van der Waals surface area contributed by atoms with Crippen molar-refractivity contribution < 1.29 is 0 Å². The molecule has 1 atom stereocenters. The zero-order chi connectivity index (χ0) is 19.2. The number of aromatic nitrogens is 4. The maximum Gasteiger partial charge on any atom is 0.160 e. The lowest BCUT2D eigenvalue weighted by Gasteiger charge is -2.33. The molecule has 0 saturated carbocycles. The molecule has 1 aromatic carbocycles. The van der Waals surface area contributed by atoms with Crippen LogP contribution < -0.4 is 0 Å². The molecule has 1 aliphatic rings. The Morgan fingerprint density at radius 2 is 1.89 bits per heavy atom. The molecule has 0 bridgehead atoms. The summed E-state index contributed by atoms with van der Waals surface area (Å²) in [4.78, 5) is 16.5. The van der Waals surface area contributed by atoms with Gasteiger partial charge in [-0.1, -0.05) is 37.3 Å². The maximum atomic E-state index is 4.76. The van der Waals surface area contributed by atoms with Gasteiger partial charge in [0.25, 0.3) is 0 Å². The fourth-order valence-electron chi connectivity index (χ4n) is 4.24. The first-order chi connectivity index (χ1) is 13.8. The number of likely N-dealkylation sites (tertiary alicyclic amines) is 1. The van der Waals surface area contributed by atoms with Gasteiger partial charge in [0.1, 0.15) is 5.82 Å². The van der Waals surface area contributed by atoms with Crippen molar-refractivity contribution >= 4 is 0 Å². The second-order valence-electron chi connectivity index (χ2n) is 7.56. The second-order valence-corrected chi connectivity index (χ2v) is 7.56. The summed E-state index contributed by atoms with van der Waals surface area (Å²) in [5.41, 5.74) is 2.54. The first kappa shape index (κ1) is 18.8. The summed E-state index contributed by atoms with van der Waals surface area (Å²) in [6.07, 6.45) is 13.1. The van der Waals surface area contributed by atoms with Crippen LogP contribution in [0.15, 0.2) is 55.1 Å². The Morgan fingerprint density at radius 1 is 1.04 bits per heavy atom. The Kier molecular flexibility index (Phi) is 6.12. The van der Waals surface area contributed by atoms with Crippen LogP contribution in [0, 0.1) is 0 Å². The van der Waals surface area contributed by atoms with Gasteiger partial charge in [-0.25, -0.2) is 9.97 Å². The number of aryl methyl sites for hydroxylation is 2. The van der Waals surface area contributed by atoms with Crippen molar-refractivity contribution in [2.24, 2.45) is 0 Å². The van der Waals surface area contributed by atoms with Crippen LogP contribution >= 0.6 is 0 Å². The van der Waals surface area contributed by atoms with Crippen molar-refractivity contribution in [1.82, 2.24) is 24.4 Å². The van der Waals surface area contributed by atoms with E-state index < -0.39 is 0 Å². The molecule has 1 unspecified atom stereocenters. The van der Waals surface area contributed by atoms with Gasteiger partial charge in [-0.2, -0.15) is 0 Å². The smallest absolute Gasteiger partial charge is 0.160 e. The number of hydrogen-bond acceptors (Lipinski definition) is 4. The predicted octanol–water partition coefficient (Wildman–Crippen LogP) is 4.04. The average Bonchev–Trinajstić information content (AvgIpc) is 3.23. The Bertz CT molecular complexity index is 873. The van der Waals surface area contributed by atoms with E-state index in [1.807, 2.05) is 18.6 Å². The van der Waals surface area contributed by atoms with Crippen molar-refractivity contribution in [2.45, 2.75) is 44.9 Å². The third-order valence-electron chi connectivity index (χ3n) is 5.64. The van der Waals surface area contributed by atoms with Crippen LogP contribution in [0.3, 0.4) is 0 Å². The Morgan fingerprint density at radius 3 is 2.75 bits per heavy atom. The molecule has 0 spiro atoms.